The second-order valence-corrected chi connectivity index (χ2v) is 4.24. The molecule has 0 atom stereocenters. The van der Waals surface area contributed by atoms with E-state index in [9.17, 15) is 4.79 Å². The number of hydrogen-bond donors (Lipinski definition) is 1. The van der Waals surface area contributed by atoms with Gasteiger partial charge in [-0.15, -0.1) is 5.10 Å². The SMILES string of the molecule is Cc1nnsc1COc1ccc(C(=O)O)cc1. The first-order valence-corrected chi connectivity index (χ1v) is 5.68. The van der Waals surface area contributed by atoms with E-state index >= 15 is 0 Å². The minimum atomic E-state index is -0.945. The molecule has 0 fully saturated rings. The smallest absolute Gasteiger partial charge is 0.335 e. The molecule has 1 aromatic carbocycles. The van der Waals surface area contributed by atoms with Crippen molar-refractivity contribution in [1.82, 2.24) is 9.59 Å². The molecule has 0 saturated heterocycles. The van der Waals surface area contributed by atoms with E-state index in [0.717, 1.165) is 10.6 Å². The van der Waals surface area contributed by atoms with Crippen LogP contribution in [0.15, 0.2) is 24.3 Å². The number of nitrogens with zero attached hydrogens (tertiary/aromatic N) is 2. The molecule has 0 unspecified atom stereocenters. The fourth-order valence-corrected chi connectivity index (χ4v) is 1.77. The summed E-state index contributed by atoms with van der Waals surface area (Å²) in [7, 11) is 0. The Morgan fingerprint density at radius 3 is 2.65 bits per heavy atom. The van der Waals surface area contributed by atoms with Crippen molar-refractivity contribution in [3.8, 4) is 5.75 Å². The summed E-state index contributed by atoms with van der Waals surface area (Å²) in [5.41, 5.74) is 1.10. The Morgan fingerprint density at radius 1 is 1.41 bits per heavy atom. The van der Waals surface area contributed by atoms with Crippen LogP contribution >= 0.6 is 11.5 Å². The van der Waals surface area contributed by atoms with Crippen LogP contribution in [0.2, 0.25) is 0 Å². The lowest BCUT2D eigenvalue weighted by Crippen LogP contribution is -1.97. The van der Waals surface area contributed by atoms with Crippen molar-refractivity contribution < 1.29 is 14.6 Å². The number of rotatable bonds is 4. The Kier molecular flexibility index (Phi) is 3.34. The van der Waals surface area contributed by atoms with Crippen molar-refractivity contribution in [2.24, 2.45) is 0 Å². The van der Waals surface area contributed by atoms with Crippen LogP contribution in [0.4, 0.5) is 0 Å². The fourth-order valence-electron chi connectivity index (χ4n) is 1.23. The Balaban J connectivity index is 2.00. The summed E-state index contributed by atoms with van der Waals surface area (Å²) in [6, 6.07) is 6.28. The molecule has 2 aromatic rings. The molecule has 5 nitrogen and oxygen atoms in total. The van der Waals surface area contributed by atoms with Crippen LogP contribution in [0.5, 0.6) is 5.75 Å². The zero-order valence-corrected chi connectivity index (χ0v) is 9.90. The Morgan fingerprint density at radius 2 is 2.12 bits per heavy atom. The summed E-state index contributed by atoms with van der Waals surface area (Å²) >= 11 is 1.30. The van der Waals surface area contributed by atoms with E-state index in [2.05, 4.69) is 9.59 Å². The van der Waals surface area contributed by atoms with Crippen LogP contribution in [0.25, 0.3) is 0 Å². The van der Waals surface area contributed by atoms with Gasteiger partial charge in [0.2, 0.25) is 0 Å². The molecule has 0 spiro atoms. The molecule has 6 heteroatoms. The third-order valence-electron chi connectivity index (χ3n) is 2.22. The standard InChI is InChI=1S/C11H10N2O3S/c1-7-10(17-13-12-7)6-16-9-4-2-8(3-5-9)11(14)15/h2-5H,6H2,1H3,(H,14,15). The topological polar surface area (TPSA) is 72.3 Å². The number of ether oxygens (including phenoxy) is 1. The van der Waals surface area contributed by atoms with Gasteiger partial charge in [0, 0.05) is 0 Å². The highest BCUT2D eigenvalue weighted by atomic mass is 32.1. The molecular formula is C11H10N2O3S. The van der Waals surface area contributed by atoms with Gasteiger partial charge in [-0.25, -0.2) is 4.79 Å². The fraction of sp³-hybridized carbons (Fsp3) is 0.182. The lowest BCUT2D eigenvalue weighted by Gasteiger charge is -2.04. The molecule has 0 bridgehead atoms. The van der Waals surface area contributed by atoms with Crippen LogP contribution in [-0.4, -0.2) is 20.7 Å². The quantitative estimate of drug-likeness (QED) is 0.899. The van der Waals surface area contributed by atoms with Gasteiger partial charge in [0.15, 0.2) is 0 Å². The van der Waals surface area contributed by atoms with Crippen LogP contribution in [-0.2, 0) is 6.61 Å². The van der Waals surface area contributed by atoms with Gasteiger partial charge in [-0.3, -0.25) is 0 Å². The molecule has 88 valence electrons. The van der Waals surface area contributed by atoms with E-state index in [1.54, 1.807) is 12.1 Å². The third-order valence-corrected chi connectivity index (χ3v) is 3.01. The molecule has 17 heavy (non-hydrogen) atoms. The van der Waals surface area contributed by atoms with Gasteiger partial charge in [-0.05, 0) is 42.7 Å². The summed E-state index contributed by atoms with van der Waals surface area (Å²) in [6.07, 6.45) is 0. The molecule has 2 rings (SSSR count). The predicted molar refractivity (Wildman–Crippen MR) is 62.4 cm³/mol. The van der Waals surface area contributed by atoms with E-state index in [4.69, 9.17) is 9.84 Å². The molecule has 1 N–H and O–H groups in total. The zero-order chi connectivity index (χ0) is 12.3. The summed E-state index contributed by atoms with van der Waals surface area (Å²) in [6.45, 7) is 2.27. The van der Waals surface area contributed by atoms with Crippen molar-refractivity contribution in [2.45, 2.75) is 13.5 Å². The van der Waals surface area contributed by atoms with Crippen LogP contribution in [0.3, 0.4) is 0 Å². The largest absolute Gasteiger partial charge is 0.488 e. The van der Waals surface area contributed by atoms with Crippen molar-refractivity contribution in [3.63, 3.8) is 0 Å². The molecule has 0 aliphatic carbocycles. The Hall–Kier alpha value is -1.95. The van der Waals surface area contributed by atoms with Gasteiger partial charge >= 0.3 is 5.97 Å². The first-order valence-electron chi connectivity index (χ1n) is 4.91. The molecule has 0 saturated carbocycles. The molecular weight excluding hydrogens is 240 g/mol. The summed E-state index contributed by atoms with van der Waals surface area (Å²) in [5, 5.41) is 12.6. The normalized spacial score (nSPS) is 10.2. The highest BCUT2D eigenvalue weighted by Gasteiger charge is 2.05. The van der Waals surface area contributed by atoms with E-state index in [0.29, 0.717) is 12.4 Å². The molecule has 0 radical (unpaired) electrons. The van der Waals surface area contributed by atoms with Crippen LogP contribution < -0.4 is 4.74 Å². The summed E-state index contributed by atoms with van der Waals surface area (Å²) < 4.78 is 9.31. The molecule has 1 aromatic heterocycles. The number of carboxylic acids is 1. The minimum absolute atomic E-state index is 0.244. The summed E-state index contributed by atoms with van der Waals surface area (Å²) in [5.74, 6) is -0.318. The first-order chi connectivity index (χ1) is 8.16. The molecule has 1 heterocycles. The van der Waals surface area contributed by atoms with Gasteiger partial charge in [0.25, 0.3) is 0 Å². The average Bonchev–Trinajstić information content (AvgIpc) is 2.73. The number of aryl methyl sites for hydroxylation is 1. The molecule has 0 aliphatic rings. The van der Waals surface area contributed by atoms with Gasteiger partial charge in [0.05, 0.1) is 16.1 Å². The maximum absolute atomic E-state index is 10.6. The van der Waals surface area contributed by atoms with E-state index in [-0.39, 0.29) is 5.56 Å². The second-order valence-electron chi connectivity index (χ2n) is 3.40. The highest BCUT2D eigenvalue weighted by molar-refractivity contribution is 7.05. The zero-order valence-electron chi connectivity index (χ0n) is 9.08. The highest BCUT2D eigenvalue weighted by Crippen LogP contribution is 2.16. The maximum atomic E-state index is 10.6. The third kappa shape index (κ3) is 2.79. The van der Waals surface area contributed by atoms with Gasteiger partial charge in [-0.2, -0.15) is 0 Å². The van der Waals surface area contributed by atoms with Crippen molar-refractivity contribution in [1.29, 1.82) is 0 Å². The summed E-state index contributed by atoms with van der Waals surface area (Å²) in [4.78, 5) is 11.6. The first kappa shape index (κ1) is 11.5. The van der Waals surface area contributed by atoms with Crippen molar-refractivity contribution >= 4 is 17.5 Å². The molecule has 0 amide bonds. The number of carboxylic acid groups (broad SMARTS) is 1. The number of carbonyl (C=O) groups is 1. The predicted octanol–water partition coefficient (Wildman–Crippen LogP) is 2.12. The number of aromatic carboxylic acids is 1. The van der Waals surface area contributed by atoms with Gasteiger partial charge in [0.1, 0.15) is 12.4 Å². The minimum Gasteiger partial charge on any atom is -0.488 e. The van der Waals surface area contributed by atoms with Crippen molar-refractivity contribution in [2.75, 3.05) is 0 Å². The van der Waals surface area contributed by atoms with Gasteiger partial charge in [-0.1, -0.05) is 4.49 Å². The average molecular weight is 250 g/mol. The van der Waals surface area contributed by atoms with E-state index in [1.807, 2.05) is 6.92 Å². The van der Waals surface area contributed by atoms with E-state index in [1.165, 1.54) is 23.7 Å². The van der Waals surface area contributed by atoms with E-state index < -0.39 is 5.97 Å². The van der Waals surface area contributed by atoms with Crippen molar-refractivity contribution in [3.05, 3.63) is 40.4 Å². The van der Waals surface area contributed by atoms with Crippen LogP contribution in [0.1, 0.15) is 20.9 Å². The maximum Gasteiger partial charge on any atom is 0.335 e. The monoisotopic (exact) mass is 250 g/mol. The lowest BCUT2D eigenvalue weighted by atomic mass is 10.2. The lowest BCUT2D eigenvalue weighted by molar-refractivity contribution is 0.0697. The molecule has 0 aliphatic heterocycles. The Bertz CT molecular complexity index is 522. The second kappa shape index (κ2) is 4.92. The number of aromatic nitrogens is 2. The van der Waals surface area contributed by atoms with Crippen LogP contribution in [0, 0.1) is 6.92 Å². The van der Waals surface area contributed by atoms with Gasteiger partial charge < -0.3 is 9.84 Å². The Labute approximate surface area is 102 Å². The number of benzene rings is 1. The number of hydrogen-bond acceptors (Lipinski definition) is 5.